The van der Waals surface area contributed by atoms with E-state index in [0.29, 0.717) is 19.7 Å². The molecule has 100 valence electrons. The average molecular weight is 247 g/mol. The highest BCUT2D eigenvalue weighted by Crippen LogP contribution is 1.70. The molecule has 17 heavy (non-hydrogen) atoms. The van der Waals surface area contributed by atoms with Gasteiger partial charge >= 0.3 is 11.9 Å². The van der Waals surface area contributed by atoms with Gasteiger partial charge in [0, 0.05) is 39.3 Å². The number of hydrogen-bond donors (Lipinski definition) is 4. The summed E-state index contributed by atoms with van der Waals surface area (Å²) < 4.78 is 5.14. The molecule has 0 aromatic carbocycles. The number of amides is 1. The number of carboxylic acids is 1. The minimum absolute atomic E-state index is 0.310. The second-order valence-corrected chi connectivity index (χ2v) is 3.26. The Kier molecular flexibility index (Phi) is 10.5. The summed E-state index contributed by atoms with van der Waals surface area (Å²) in [6.07, 6.45) is 0. The second kappa shape index (κ2) is 11.3. The first-order valence-corrected chi connectivity index (χ1v) is 5.68. The SMILES string of the molecule is CCOCCNCCNCCNC(=O)C(=O)O. The number of rotatable bonds is 10. The molecular weight excluding hydrogens is 226 g/mol. The number of ether oxygens (including phenoxy) is 1. The molecule has 0 radical (unpaired) electrons. The summed E-state index contributed by atoms with van der Waals surface area (Å²) in [5.74, 6) is -2.43. The Morgan fingerprint density at radius 3 is 2.24 bits per heavy atom. The van der Waals surface area contributed by atoms with Crippen molar-refractivity contribution in [3.63, 3.8) is 0 Å². The Morgan fingerprint density at radius 1 is 1.06 bits per heavy atom. The van der Waals surface area contributed by atoms with E-state index in [1.807, 2.05) is 6.92 Å². The molecule has 0 rings (SSSR count). The Bertz CT molecular complexity index is 224. The van der Waals surface area contributed by atoms with Crippen LogP contribution in [0.15, 0.2) is 0 Å². The molecule has 0 fully saturated rings. The van der Waals surface area contributed by atoms with Gasteiger partial charge in [-0.1, -0.05) is 0 Å². The number of nitrogens with one attached hydrogen (secondary N) is 3. The van der Waals surface area contributed by atoms with Gasteiger partial charge in [-0.05, 0) is 6.92 Å². The number of carbonyl (C=O) groups is 2. The minimum atomic E-state index is -1.46. The van der Waals surface area contributed by atoms with Crippen molar-refractivity contribution in [1.82, 2.24) is 16.0 Å². The van der Waals surface area contributed by atoms with Crippen LogP contribution in [0.5, 0.6) is 0 Å². The molecule has 0 bridgehead atoms. The van der Waals surface area contributed by atoms with E-state index in [-0.39, 0.29) is 0 Å². The third-order valence-corrected chi connectivity index (χ3v) is 1.89. The molecule has 0 atom stereocenters. The van der Waals surface area contributed by atoms with Gasteiger partial charge in [-0.25, -0.2) is 4.79 Å². The lowest BCUT2D eigenvalue weighted by Gasteiger charge is -2.06. The van der Waals surface area contributed by atoms with Crippen LogP contribution in [0.3, 0.4) is 0 Å². The molecule has 4 N–H and O–H groups in total. The fourth-order valence-corrected chi connectivity index (χ4v) is 1.06. The molecular formula is C10H21N3O4. The lowest BCUT2D eigenvalue weighted by Crippen LogP contribution is -2.38. The van der Waals surface area contributed by atoms with Crippen LogP contribution in [0, 0.1) is 0 Å². The van der Waals surface area contributed by atoms with E-state index >= 15 is 0 Å². The van der Waals surface area contributed by atoms with Crippen LogP contribution in [0.2, 0.25) is 0 Å². The quantitative estimate of drug-likeness (QED) is 0.274. The van der Waals surface area contributed by atoms with Crippen molar-refractivity contribution in [1.29, 1.82) is 0 Å². The second-order valence-electron chi connectivity index (χ2n) is 3.26. The van der Waals surface area contributed by atoms with Crippen LogP contribution in [0.1, 0.15) is 6.92 Å². The van der Waals surface area contributed by atoms with Crippen molar-refractivity contribution >= 4 is 11.9 Å². The standard InChI is InChI=1S/C10H21N3O4/c1-2-17-8-7-12-4-3-11-5-6-13-9(14)10(15)16/h11-12H,2-8H2,1H3,(H,13,14)(H,15,16). The molecule has 7 nitrogen and oxygen atoms in total. The third-order valence-electron chi connectivity index (χ3n) is 1.89. The predicted molar refractivity (Wildman–Crippen MR) is 62.9 cm³/mol. The van der Waals surface area contributed by atoms with Gasteiger partial charge in [0.1, 0.15) is 0 Å². The van der Waals surface area contributed by atoms with E-state index in [4.69, 9.17) is 9.84 Å². The van der Waals surface area contributed by atoms with Crippen LogP contribution in [-0.4, -0.2) is 62.9 Å². The summed E-state index contributed by atoms with van der Waals surface area (Å²) in [5.41, 5.74) is 0. The number of carboxylic acid groups (broad SMARTS) is 1. The summed E-state index contributed by atoms with van der Waals surface area (Å²) >= 11 is 0. The number of aliphatic carboxylic acids is 1. The zero-order valence-electron chi connectivity index (χ0n) is 10.1. The highest BCUT2D eigenvalue weighted by molar-refractivity contribution is 6.31. The monoisotopic (exact) mass is 247 g/mol. The highest BCUT2D eigenvalue weighted by Gasteiger charge is 2.08. The normalized spacial score (nSPS) is 10.2. The molecule has 0 aliphatic rings. The largest absolute Gasteiger partial charge is 0.474 e. The van der Waals surface area contributed by atoms with Crippen LogP contribution < -0.4 is 16.0 Å². The molecule has 0 saturated carbocycles. The molecule has 0 heterocycles. The molecule has 0 aliphatic carbocycles. The molecule has 0 aromatic heterocycles. The molecule has 1 amide bonds. The van der Waals surface area contributed by atoms with E-state index in [9.17, 15) is 9.59 Å². The van der Waals surface area contributed by atoms with E-state index in [2.05, 4.69) is 16.0 Å². The summed E-state index contributed by atoms with van der Waals surface area (Å²) in [6.45, 7) is 6.61. The van der Waals surface area contributed by atoms with Gasteiger partial charge < -0.3 is 25.8 Å². The Balaban J connectivity index is 3.08. The van der Waals surface area contributed by atoms with Gasteiger partial charge in [-0.15, -0.1) is 0 Å². The minimum Gasteiger partial charge on any atom is -0.474 e. The molecule has 0 spiro atoms. The van der Waals surface area contributed by atoms with Gasteiger partial charge in [0.25, 0.3) is 0 Å². The Labute approximate surface area is 101 Å². The molecule has 0 saturated heterocycles. The first kappa shape index (κ1) is 15.8. The smallest absolute Gasteiger partial charge is 0.394 e. The lowest BCUT2D eigenvalue weighted by molar-refractivity contribution is -0.150. The van der Waals surface area contributed by atoms with Crippen LogP contribution in [-0.2, 0) is 14.3 Å². The number of hydrogen-bond acceptors (Lipinski definition) is 5. The fourth-order valence-electron chi connectivity index (χ4n) is 1.06. The van der Waals surface area contributed by atoms with Crippen molar-refractivity contribution in [2.75, 3.05) is 45.9 Å². The zero-order valence-corrected chi connectivity index (χ0v) is 10.1. The molecule has 7 heteroatoms. The van der Waals surface area contributed by atoms with Crippen molar-refractivity contribution in [2.45, 2.75) is 6.92 Å². The maximum Gasteiger partial charge on any atom is 0.394 e. The average Bonchev–Trinajstić information content (AvgIpc) is 2.31. The van der Waals surface area contributed by atoms with Crippen LogP contribution in [0.4, 0.5) is 0 Å². The lowest BCUT2D eigenvalue weighted by atomic mass is 10.5. The van der Waals surface area contributed by atoms with Gasteiger partial charge in [-0.3, -0.25) is 4.79 Å². The first-order chi connectivity index (χ1) is 8.18. The van der Waals surface area contributed by atoms with Crippen molar-refractivity contribution in [2.24, 2.45) is 0 Å². The van der Waals surface area contributed by atoms with E-state index < -0.39 is 11.9 Å². The van der Waals surface area contributed by atoms with Gasteiger partial charge in [-0.2, -0.15) is 0 Å². The molecule has 0 aliphatic heterocycles. The molecule has 0 aromatic rings. The zero-order chi connectivity index (χ0) is 12.9. The van der Waals surface area contributed by atoms with Gasteiger partial charge in [0.15, 0.2) is 0 Å². The fraction of sp³-hybridized carbons (Fsp3) is 0.800. The van der Waals surface area contributed by atoms with Gasteiger partial charge in [0.05, 0.1) is 6.61 Å². The van der Waals surface area contributed by atoms with Crippen LogP contribution >= 0.6 is 0 Å². The summed E-state index contributed by atoms with van der Waals surface area (Å²) in [7, 11) is 0. The first-order valence-electron chi connectivity index (χ1n) is 5.68. The maximum absolute atomic E-state index is 10.6. The Morgan fingerprint density at radius 2 is 1.65 bits per heavy atom. The summed E-state index contributed by atoms with van der Waals surface area (Å²) in [6, 6.07) is 0. The van der Waals surface area contributed by atoms with Crippen molar-refractivity contribution < 1.29 is 19.4 Å². The summed E-state index contributed by atoms with van der Waals surface area (Å²) in [4.78, 5) is 20.8. The summed E-state index contributed by atoms with van der Waals surface area (Å²) in [5, 5.41) is 16.8. The van der Waals surface area contributed by atoms with Crippen LogP contribution in [0.25, 0.3) is 0 Å². The number of carbonyl (C=O) groups excluding carboxylic acids is 1. The molecule has 0 unspecified atom stereocenters. The topological polar surface area (TPSA) is 99.7 Å². The highest BCUT2D eigenvalue weighted by atomic mass is 16.5. The van der Waals surface area contributed by atoms with Crippen molar-refractivity contribution in [3.8, 4) is 0 Å². The Hall–Kier alpha value is -1.18. The predicted octanol–water partition coefficient (Wildman–Crippen LogP) is -1.60. The maximum atomic E-state index is 10.6. The third kappa shape index (κ3) is 11.1. The van der Waals surface area contributed by atoms with E-state index in [1.165, 1.54) is 0 Å². The van der Waals surface area contributed by atoms with Crippen molar-refractivity contribution in [3.05, 3.63) is 0 Å². The van der Waals surface area contributed by atoms with Gasteiger partial charge in [0.2, 0.25) is 0 Å². The van der Waals surface area contributed by atoms with E-state index in [1.54, 1.807) is 0 Å². The van der Waals surface area contributed by atoms with E-state index in [0.717, 1.165) is 26.2 Å².